The fourth-order valence-corrected chi connectivity index (χ4v) is 8.68. The lowest BCUT2D eigenvalue weighted by Gasteiger charge is -2.41. The smallest absolute Gasteiger partial charge is 0.397 e. The Morgan fingerprint density at radius 3 is 1.45 bits per heavy atom. The van der Waals surface area contributed by atoms with Crippen LogP contribution in [0.3, 0.4) is 0 Å². The van der Waals surface area contributed by atoms with Crippen LogP contribution in [0, 0.1) is 0 Å². The van der Waals surface area contributed by atoms with Gasteiger partial charge in [-0.05, 0) is 70.6 Å². The van der Waals surface area contributed by atoms with Gasteiger partial charge < -0.3 is 34.3 Å². The number of unbranched alkanes of at least 4 members (excludes halogenated alkanes) is 28. The largest absolute Gasteiger partial charge is 0.457 e. The average molecular weight is 959 g/mol. The zero-order chi connectivity index (χ0) is 48.2. The maximum atomic E-state index is 12.9. The third-order valence-corrected chi connectivity index (χ3v) is 12.7. The minimum atomic E-state index is -5.07. The fraction of sp³-hybridized carbons (Fsp3) is 0.868. The summed E-state index contributed by atoms with van der Waals surface area (Å²) in [6, 6.07) is 0. The third-order valence-electron chi connectivity index (χ3n) is 12.2. The highest BCUT2D eigenvalue weighted by Gasteiger charge is 2.48. The molecule has 0 aliphatic carbocycles. The molecule has 66 heavy (non-hydrogen) atoms. The molecule has 0 bridgehead atoms. The molecule has 0 saturated carbocycles. The van der Waals surface area contributed by atoms with E-state index in [-0.39, 0.29) is 19.6 Å². The van der Waals surface area contributed by atoms with Crippen molar-refractivity contribution in [1.82, 2.24) is 0 Å². The van der Waals surface area contributed by atoms with E-state index >= 15 is 0 Å². The number of hydrogen-bond donors (Lipinski definition) is 4. The normalized spacial score (nSPS) is 19.8. The molecular formula is C53H98O12S. The standard InChI is InChI=1S/C53H98O12S/c1-3-5-7-9-11-13-15-17-19-21-23-24-25-26-28-30-32-34-36-38-40-42-49(55)63-47(46-62-53-51(57)52(65-66(58,59)60)50(56)48(44-54)64-53)45-61-43-41-39-37-35-33-31-29-27-22-20-18-16-14-12-10-8-6-4-2/h15,17-18,20-21,23,47-48,50-54,56-57H,3-14,16,19,22,24-46H2,1-2H3,(H,58,59,60)/b17-15-,20-18-,23-21-. The number of esters is 1. The van der Waals surface area contributed by atoms with Gasteiger partial charge in [0, 0.05) is 13.0 Å². The van der Waals surface area contributed by atoms with Gasteiger partial charge >= 0.3 is 16.4 Å². The first kappa shape index (κ1) is 62.3. The molecule has 1 aliphatic rings. The Balaban J connectivity index is 2.35. The number of carbonyl (C=O) groups excluding carboxylic acids is 1. The molecule has 388 valence electrons. The van der Waals surface area contributed by atoms with Crippen LogP contribution >= 0.6 is 0 Å². The van der Waals surface area contributed by atoms with Crippen molar-refractivity contribution in [1.29, 1.82) is 0 Å². The van der Waals surface area contributed by atoms with Gasteiger partial charge in [0.1, 0.15) is 30.5 Å². The topological polar surface area (TPSA) is 178 Å². The second-order valence-corrected chi connectivity index (χ2v) is 19.5. The summed E-state index contributed by atoms with van der Waals surface area (Å²) in [5.41, 5.74) is 0. The lowest BCUT2D eigenvalue weighted by atomic mass is 9.99. The van der Waals surface area contributed by atoms with Gasteiger partial charge in [-0.1, -0.05) is 192 Å². The second-order valence-electron chi connectivity index (χ2n) is 18.5. The van der Waals surface area contributed by atoms with Crippen LogP contribution in [-0.2, 0) is 38.3 Å². The van der Waals surface area contributed by atoms with Crippen molar-refractivity contribution in [3.8, 4) is 0 Å². The molecule has 12 nitrogen and oxygen atoms in total. The summed E-state index contributed by atoms with van der Waals surface area (Å²) < 4.78 is 59.3. The van der Waals surface area contributed by atoms with Crippen LogP contribution in [0.4, 0.5) is 0 Å². The second kappa shape index (κ2) is 44.5. The van der Waals surface area contributed by atoms with Crippen LogP contribution in [-0.4, -0.2) is 97.5 Å². The predicted molar refractivity (Wildman–Crippen MR) is 267 cm³/mol. The summed E-state index contributed by atoms with van der Waals surface area (Å²) in [5.74, 6) is -0.402. The minimum absolute atomic E-state index is 0.0336. The molecule has 1 rings (SSSR count). The Morgan fingerprint density at radius 2 is 1.00 bits per heavy atom. The fourth-order valence-electron chi connectivity index (χ4n) is 8.17. The van der Waals surface area contributed by atoms with Crippen LogP contribution in [0.1, 0.15) is 232 Å². The highest BCUT2D eigenvalue weighted by Crippen LogP contribution is 2.26. The Morgan fingerprint density at radius 1 is 0.576 bits per heavy atom. The zero-order valence-corrected chi connectivity index (χ0v) is 42.6. The van der Waals surface area contributed by atoms with Gasteiger partial charge in [-0.2, -0.15) is 8.42 Å². The molecule has 0 radical (unpaired) electrons. The quantitative estimate of drug-likeness (QED) is 0.0197. The Labute approximate surface area is 403 Å². The number of aliphatic hydroxyl groups is 3. The zero-order valence-electron chi connectivity index (χ0n) is 41.8. The van der Waals surface area contributed by atoms with Crippen molar-refractivity contribution in [3.63, 3.8) is 0 Å². The summed E-state index contributed by atoms with van der Waals surface area (Å²) in [5, 5.41) is 30.8. The number of ether oxygens (including phenoxy) is 4. The van der Waals surface area contributed by atoms with Crippen molar-refractivity contribution in [2.24, 2.45) is 0 Å². The third kappa shape index (κ3) is 37.2. The molecule has 13 heteroatoms. The van der Waals surface area contributed by atoms with Crippen LogP contribution in [0.5, 0.6) is 0 Å². The van der Waals surface area contributed by atoms with Gasteiger partial charge in [-0.25, -0.2) is 4.18 Å². The number of allylic oxidation sites excluding steroid dienone is 6. The minimum Gasteiger partial charge on any atom is -0.457 e. The maximum absolute atomic E-state index is 12.9. The summed E-state index contributed by atoms with van der Waals surface area (Å²) >= 11 is 0. The van der Waals surface area contributed by atoms with E-state index < -0.39 is 59.8 Å². The van der Waals surface area contributed by atoms with Crippen molar-refractivity contribution in [2.75, 3.05) is 26.4 Å². The lowest BCUT2D eigenvalue weighted by molar-refractivity contribution is -0.301. The maximum Gasteiger partial charge on any atom is 0.397 e. The average Bonchev–Trinajstić information content (AvgIpc) is 3.29. The molecule has 0 aromatic heterocycles. The molecule has 1 fully saturated rings. The lowest BCUT2D eigenvalue weighted by Crippen LogP contribution is -2.60. The molecule has 0 spiro atoms. The van der Waals surface area contributed by atoms with Crippen LogP contribution in [0.2, 0.25) is 0 Å². The Bertz CT molecular complexity index is 1290. The van der Waals surface area contributed by atoms with Crippen molar-refractivity contribution in [3.05, 3.63) is 36.5 Å². The molecule has 1 heterocycles. The Kier molecular flexibility index (Phi) is 42.1. The monoisotopic (exact) mass is 959 g/mol. The van der Waals surface area contributed by atoms with Gasteiger partial charge in [-0.3, -0.25) is 9.35 Å². The van der Waals surface area contributed by atoms with Crippen LogP contribution in [0.25, 0.3) is 0 Å². The highest BCUT2D eigenvalue weighted by molar-refractivity contribution is 7.80. The van der Waals surface area contributed by atoms with E-state index in [1.807, 2.05) is 0 Å². The highest BCUT2D eigenvalue weighted by atomic mass is 32.3. The van der Waals surface area contributed by atoms with E-state index in [1.165, 1.54) is 154 Å². The predicted octanol–water partition coefficient (Wildman–Crippen LogP) is 12.5. The molecule has 6 atom stereocenters. The van der Waals surface area contributed by atoms with Crippen molar-refractivity contribution >= 4 is 16.4 Å². The van der Waals surface area contributed by atoms with Gasteiger partial charge in [-0.15, -0.1) is 0 Å². The first-order valence-corrected chi connectivity index (χ1v) is 28.1. The van der Waals surface area contributed by atoms with E-state index in [4.69, 9.17) is 18.9 Å². The summed E-state index contributed by atoms with van der Waals surface area (Å²) in [6.07, 6.45) is 44.6. The number of carbonyl (C=O) groups is 1. The van der Waals surface area contributed by atoms with Crippen LogP contribution < -0.4 is 0 Å². The van der Waals surface area contributed by atoms with E-state index in [0.29, 0.717) is 13.0 Å². The molecule has 1 saturated heterocycles. The molecule has 4 N–H and O–H groups in total. The first-order chi connectivity index (χ1) is 32.1. The van der Waals surface area contributed by atoms with Gasteiger partial charge in [0.2, 0.25) is 0 Å². The molecule has 6 unspecified atom stereocenters. The summed E-state index contributed by atoms with van der Waals surface area (Å²) in [6.45, 7) is 4.00. The van der Waals surface area contributed by atoms with E-state index in [0.717, 1.165) is 51.4 Å². The van der Waals surface area contributed by atoms with Crippen LogP contribution in [0.15, 0.2) is 36.5 Å². The van der Waals surface area contributed by atoms with Crippen molar-refractivity contribution in [2.45, 2.75) is 269 Å². The van der Waals surface area contributed by atoms with Gasteiger partial charge in [0.05, 0.1) is 19.8 Å². The first-order valence-electron chi connectivity index (χ1n) is 26.7. The van der Waals surface area contributed by atoms with E-state index in [9.17, 15) is 33.1 Å². The number of aliphatic hydroxyl groups excluding tert-OH is 3. The summed E-state index contributed by atoms with van der Waals surface area (Å²) in [4.78, 5) is 12.9. The molecule has 0 aromatic carbocycles. The van der Waals surface area contributed by atoms with E-state index in [2.05, 4.69) is 54.5 Å². The van der Waals surface area contributed by atoms with E-state index in [1.54, 1.807) is 0 Å². The molecule has 0 amide bonds. The number of rotatable bonds is 47. The SMILES string of the molecule is CCCCCCC/C=C\C/C=C\CCCCCCCCCCCC(=O)OC(COCCCCCCCCCC/C=C\CCCCCCCC)COC1OC(CO)C(O)C(OS(=O)(=O)O)C1O. The molecular weight excluding hydrogens is 861 g/mol. The van der Waals surface area contributed by atoms with Gasteiger partial charge in [0.15, 0.2) is 6.29 Å². The number of hydrogen-bond acceptors (Lipinski definition) is 11. The van der Waals surface area contributed by atoms with Gasteiger partial charge in [0.25, 0.3) is 0 Å². The Hall–Kier alpha value is -1.68. The molecule has 1 aliphatic heterocycles. The van der Waals surface area contributed by atoms with Crippen molar-refractivity contribution < 1.29 is 56.2 Å². The summed E-state index contributed by atoms with van der Waals surface area (Å²) in [7, 11) is -5.07. The molecule has 0 aromatic rings.